The van der Waals surface area contributed by atoms with Gasteiger partial charge in [-0.2, -0.15) is 0 Å². The molecular weight excluding hydrogens is 394 g/mol. The van der Waals surface area contributed by atoms with Crippen LogP contribution in [-0.2, 0) is 21.2 Å². The number of sulfonamides is 1. The Morgan fingerprint density at radius 1 is 1.11 bits per heavy atom. The summed E-state index contributed by atoms with van der Waals surface area (Å²) in [6, 6.07) is 0.452. The van der Waals surface area contributed by atoms with Crippen molar-refractivity contribution in [2.24, 2.45) is 5.92 Å². The van der Waals surface area contributed by atoms with Gasteiger partial charge in [0.2, 0.25) is 15.9 Å². The van der Waals surface area contributed by atoms with Crippen LogP contribution >= 0.6 is 11.3 Å². The Kier molecular flexibility index (Phi) is 6.09. The van der Waals surface area contributed by atoms with Gasteiger partial charge in [-0.05, 0) is 44.4 Å². The van der Waals surface area contributed by atoms with Gasteiger partial charge in [-0.3, -0.25) is 4.79 Å². The van der Waals surface area contributed by atoms with E-state index in [-0.39, 0.29) is 5.91 Å². The van der Waals surface area contributed by atoms with Crippen LogP contribution in [0.1, 0.15) is 68.0 Å². The smallest absolute Gasteiger partial charge is 0.228 e. The second-order valence-electron chi connectivity index (χ2n) is 8.63. The molecule has 3 heterocycles. The fourth-order valence-corrected chi connectivity index (χ4v) is 7.08. The highest BCUT2D eigenvalue weighted by molar-refractivity contribution is 7.88. The van der Waals surface area contributed by atoms with Crippen molar-refractivity contribution in [3.63, 3.8) is 0 Å². The lowest BCUT2D eigenvalue weighted by molar-refractivity contribution is -0.136. The number of nitrogens with zero attached hydrogens (tertiary/aromatic N) is 3. The molecule has 3 fully saturated rings. The molecule has 0 N–H and O–H groups in total. The minimum absolute atomic E-state index is 0.236. The average molecular weight is 426 g/mol. The minimum atomic E-state index is -3.10. The molecule has 0 spiro atoms. The highest BCUT2D eigenvalue weighted by Gasteiger charge is 2.35. The number of fused-ring (bicyclic) bond motifs is 1. The molecule has 4 rings (SSSR count). The first kappa shape index (κ1) is 20.3. The van der Waals surface area contributed by atoms with Gasteiger partial charge in [-0.25, -0.2) is 17.7 Å². The van der Waals surface area contributed by atoms with Gasteiger partial charge < -0.3 is 4.90 Å². The van der Waals surface area contributed by atoms with Crippen molar-refractivity contribution in [2.45, 2.75) is 69.7 Å². The molecule has 6 nitrogen and oxygen atoms in total. The zero-order valence-electron chi connectivity index (χ0n) is 16.7. The molecule has 3 aliphatic rings. The summed E-state index contributed by atoms with van der Waals surface area (Å²) in [6.07, 6.45) is 10.7. The number of aromatic nitrogens is 1. The summed E-state index contributed by atoms with van der Waals surface area (Å²) in [4.78, 5) is 19.9. The molecule has 28 heavy (non-hydrogen) atoms. The maximum Gasteiger partial charge on any atom is 0.228 e. The Morgan fingerprint density at radius 2 is 1.82 bits per heavy atom. The van der Waals surface area contributed by atoms with E-state index in [1.165, 1.54) is 31.9 Å². The van der Waals surface area contributed by atoms with Gasteiger partial charge in [0.05, 0.1) is 23.4 Å². The van der Waals surface area contributed by atoms with E-state index in [0.29, 0.717) is 37.4 Å². The zero-order chi connectivity index (χ0) is 19.7. The molecule has 0 bridgehead atoms. The summed E-state index contributed by atoms with van der Waals surface area (Å²) >= 11 is 1.63. The number of piperidine rings is 2. The van der Waals surface area contributed by atoms with Crippen LogP contribution in [0, 0.1) is 5.92 Å². The molecule has 1 aromatic rings. The van der Waals surface area contributed by atoms with E-state index in [4.69, 9.17) is 4.98 Å². The van der Waals surface area contributed by atoms with E-state index in [1.807, 2.05) is 5.38 Å². The fourth-order valence-electron chi connectivity index (χ4n) is 5.22. The fraction of sp³-hybridized carbons (Fsp3) is 0.800. The standard InChI is InChI=1S/C20H31N3O3S2/c1-28(25,26)22-11-8-16(9-12-22)20-21-17(14-27-20)13-19(24)23-10-4-6-15-5-2-3-7-18(15)23/h14-16,18H,2-13H2,1H3. The Hall–Kier alpha value is -0.990. The first-order valence-corrected chi connectivity index (χ1v) is 13.3. The van der Waals surface area contributed by atoms with E-state index < -0.39 is 10.0 Å². The van der Waals surface area contributed by atoms with Crippen LogP contribution in [-0.4, -0.2) is 60.4 Å². The third-order valence-corrected chi connectivity index (χ3v) is 9.10. The summed E-state index contributed by atoms with van der Waals surface area (Å²) in [5.74, 6) is 1.25. The van der Waals surface area contributed by atoms with Crippen molar-refractivity contribution in [2.75, 3.05) is 25.9 Å². The lowest BCUT2D eigenvalue weighted by atomic mass is 9.78. The monoisotopic (exact) mass is 425 g/mol. The molecule has 156 valence electrons. The molecule has 8 heteroatoms. The third-order valence-electron chi connectivity index (χ3n) is 6.74. The zero-order valence-corrected chi connectivity index (χ0v) is 18.3. The molecule has 0 aromatic carbocycles. The summed E-state index contributed by atoms with van der Waals surface area (Å²) in [6.45, 7) is 2.03. The number of thiazole rings is 1. The third kappa shape index (κ3) is 4.44. The van der Waals surface area contributed by atoms with Crippen LogP contribution in [0.25, 0.3) is 0 Å². The van der Waals surface area contributed by atoms with Gasteiger partial charge in [0.25, 0.3) is 0 Å². The van der Waals surface area contributed by atoms with E-state index in [9.17, 15) is 13.2 Å². The number of carbonyl (C=O) groups is 1. The van der Waals surface area contributed by atoms with Crippen molar-refractivity contribution >= 4 is 27.3 Å². The lowest BCUT2D eigenvalue weighted by Crippen LogP contribution is -2.50. The quantitative estimate of drug-likeness (QED) is 0.743. The van der Waals surface area contributed by atoms with Crippen LogP contribution in [0.2, 0.25) is 0 Å². The molecule has 1 amide bonds. The average Bonchev–Trinajstić information content (AvgIpc) is 3.15. The number of hydrogen-bond donors (Lipinski definition) is 0. The largest absolute Gasteiger partial charge is 0.339 e. The van der Waals surface area contributed by atoms with Crippen LogP contribution in [0.15, 0.2) is 5.38 Å². The number of rotatable bonds is 4. The number of likely N-dealkylation sites (tertiary alicyclic amines) is 1. The first-order valence-electron chi connectivity index (χ1n) is 10.6. The molecular formula is C20H31N3O3S2. The second kappa shape index (κ2) is 8.40. The van der Waals surface area contributed by atoms with Gasteiger partial charge in [-0.1, -0.05) is 12.8 Å². The SMILES string of the molecule is CS(=O)(=O)N1CCC(c2nc(CC(=O)N3CCCC4CCCCC43)cs2)CC1. The van der Waals surface area contributed by atoms with Gasteiger partial charge in [0.15, 0.2) is 0 Å². The maximum absolute atomic E-state index is 13.0. The summed E-state index contributed by atoms with van der Waals surface area (Å²) in [5, 5.41) is 3.09. The number of hydrogen-bond acceptors (Lipinski definition) is 5. The van der Waals surface area contributed by atoms with Crippen molar-refractivity contribution in [1.82, 2.24) is 14.2 Å². The van der Waals surface area contributed by atoms with Gasteiger partial charge in [0.1, 0.15) is 0 Å². The Balaban J connectivity index is 1.35. The van der Waals surface area contributed by atoms with E-state index in [0.717, 1.165) is 42.9 Å². The van der Waals surface area contributed by atoms with Gasteiger partial charge >= 0.3 is 0 Å². The Bertz CT molecular complexity index is 797. The van der Waals surface area contributed by atoms with Crippen molar-refractivity contribution < 1.29 is 13.2 Å². The van der Waals surface area contributed by atoms with E-state index in [1.54, 1.807) is 15.6 Å². The first-order chi connectivity index (χ1) is 13.4. The Labute approximate surface area is 172 Å². The van der Waals surface area contributed by atoms with Crippen molar-refractivity contribution in [3.8, 4) is 0 Å². The van der Waals surface area contributed by atoms with Crippen LogP contribution in [0.4, 0.5) is 0 Å². The summed E-state index contributed by atoms with van der Waals surface area (Å²) < 4.78 is 24.9. The highest BCUT2D eigenvalue weighted by atomic mass is 32.2. The molecule has 1 aromatic heterocycles. The molecule has 2 aliphatic heterocycles. The molecule has 0 radical (unpaired) electrons. The van der Waals surface area contributed by atoms with Crippen molar-refractivity contribution in [3.05, 3.63) is 16.1 Å². The van der Waals surface area contributed by atoms with Crippen LogP contribution < -0.4 is 0 Å². The van der Waals surface area contributed by atoms with E-state index in [2.05, 4.69) is 4.90 Å². The molecule has 2 saturated heterocycles. The highest BCUT2D eigenvalue weighted by Crippen LogP contribution is 2.36. The number of amides is 1. The van der Waals surface area contributed by atoms with Crippen LogP contribution in [0.5, 0.6) is 0 Å². The predicted octanol–water partition coefficient (Wildman–Crippen LogP) is 3.01. The molecule has 1 saturated carbocycles. The lowest BCUT2D eigenvalue weighted by Gasteiger charge is -2.44. The van der Waals surface area contributed by atoms with Crippen molar-refractivity contribution in [1.29, 1.82) is 0 Å². The minimum Gasteiger partial charge on any atom is -0.339 e. The van der Waals surface area contributed by atoms with Gasteiger partial charge in [-0.15, -0.1) is 11.3 Å². The summed E-state index contributed by atoms with van der Waals surface area (Å²) in [5.41, 5.74) is 0.883. The second-order valence-corrected chi connectivity index (χ2v) is 11.5. The predicted molar refractivity (Wildman–Crippen MR) is 111 cm³/mol. The topological polar surface area (TPSA) is 70.6 Å². The normalized spacial score (nSPS) is 27.5. The van der Waals surface area contributed by atoms with E-state index >= 15 is 0 Å². The van der Waals surface area contributed by atoms with Crippen LogP contribution in [0.3, 0.4) is 0 Å². The summed E-state index contributed by atoms with van der Waals surface area (Å²) in [7, 11) is -3.10. The molecule has 2 atom stereocenters. The number of carbonyl (C=O) groups excluding carboxylic acids is 1. The molecule has 1 aliphatic carbocycles. The Morgan fingerprint density at radius 3 is 2.57 bits per heavy atom. The van der Waals surface area contributed by atoms with Gasteiger partial charge in [0, 0.05) is 37.0 Å². The maximum atomic E-state index is 13.0. The molecule has 2 unspecified atom stereocenters.